The van der Waals surface area contributed by atoms with Crippen LogP contribution in [0.4, 0.5) is 0 Å². The van der Waals surface area contributed by atoms with Gasteiger partial charge in [0.05, 0.1) is 0 Å². The molecule has 0 saturated carbocycles. The molecule has 0 N–H and O–H groups in total. The first kappa shape index (κ1) is 28.6. The van der Waals surface area contributed by atoms with E-state index >= 15 is 0 Å². The van der Waals surface area contributed by atoms with Crippen LogP contribution in [0.25, 0.3) is 11.1 Å². The van der Waals surface area contributed by atoms with Gasteiger partial charge in [-0.3, -0.25) is 0 Å². The van der Waals surface area contributed by atoms with Crippen LogP contribution in [-0.2, 0) is 28.4 Å². The van der Waals surface area contributed by atoms with Gasteiger partial charge < -0.3 is 0 Å². The number of hydrogen-bond donors (Lipinski definition) is 0. The van der Waals surface area contributed by atoms with Gasteiger partial charge in [-0.25, -0.2) is 0 Å². The number of aryl methyl sites for hydroxylation is 4. The third-order valence-electron chi connectivity index (χ3n) is 9.72. The second-order valence-electron chi connectivity index (χ2n) is 12.0. The molecule has 0 nitrogen and oxygen atoms in total. The molecule has 2 aromatic carbocycles. The summed E-state index contributed by atoms with van der Waals surface area (Å²) in [5, 5.41) is 0. The van der Waals surface area contributed by atoms with E-state index in [2.05, 4.69) is 92.7 Å². The molecule has 36 heavy (non-hydrogen) atoms. The molecule has 0 spiro atoms. The van der Waals surface area contributed by atoms with Crippen LogP contribution < -0.4 is 0 Å². The predicted octanol–water partition coefficient (Wildman–Crippen LogP) is 10.6. The van der Waals surface area contributed by atoms with Gasteiger partial charge in [-0.1, -0.05) is 0 Å². The van der Waals surface area contributed by atoms with E-state index in [1.54, 1.807) is 0 Å². The minimum atomic E-state index is -4.62. The Labute approximate surface area is 229 Å². The van der Waals surface area contributed by atoms with Crippen LogP contribution in [0.2, 0.25) is 13.1 Å². The van der Waals surface area contributed by atoms with Crippen molar-refractivity contribution >= 4 is 34.1 Å². The van der Waals surface area contributed by atoms with Crippen molar-refractivity contribution in [1.82, 2.24) is 0 Å². The summed E-state index contributed by atoms with van der Waals surface area (Å²) >= 11 is -4.62. The molecular formula is C32H45Cl2SiZr. The van der Waals surface area contributed by atoms with Crippen molar-refractivity contribution in [3.63, 3.8) is 0 Å². The molecule has 0 bridgehead atoms. The summed E-state index contributed by atoms with van der Waals surface area (Å²) in [5.41, 5.74) is 17.4. The molecule has 2 aliphatic rings. The van der Waals surface area contributed by atoms with Crippen LogP contribution in [-0.4, -0.2) is 5.92 Å². The summed E-state index contributed by atoms with van der Waals surface area (Å²) in [6, 6.07) is 9.40. The molecule has 2 aromatic rings. The molecule has 195 valence electrons. The summed E-state index contributed by atoms with van der Waals surface area (Å²) in [6.07, 6.45) is 4.52. The monoisotopic (exact) mass is 617 g/mol. The van der Waals surface area contributed by atoms with E-state index in [1.165, 1.54) is 66.8 Å². The first-order chi connectivity index (χ1) is 16.8. The Kier molecular flexibility index (Phi) is 7.92. The second-order valence-corrected chi connectivity index (χ2v) is 54.5. The molecule has 0 radical (unpaired) electrons. The van der Waals surface area contributed by atoms with Crippen LogP contribution in [0, 0.1) is 13.8 Å². The number of halogens is 2. The SMILES string of the molecule is CCCc1ccc(C)c2c1C(C)=C(C)[CH]2[Zr]([Cl])([Cl])([CH]1C(C)=C(C)c2c(CCC)ccc(C)c21)[SiH](C)C. The molecule has 4 rings (SSSR count). The van der Waals surface area contributed by atoms with Crippen molar-refractivity contribution in [2.45, 2.75) is 101 Å². The van der Waals surface area contributed by atoms with Gasteiger partial charge in [0.2, 0.25) is 0 Å². The maximum absolute atomic E-state index is 8.49. The summed E-state index contributed by atoms with van der Waals surface area (Å²) in [6.45, 7) is 23.4. The van der Waals surface area contributed by atoms with Crippen LogP contribution in [0.3, 0.4) is 0 Å². The normalized spacial score (nSPS) is 20.8. The van der Waals surface area contributed by atoms with E-state index in [1.807, 2.05) is 0 Å². The van der Waals surface area contributed by atoms with Crippen molar-refractivity contribution in [2.75, 3.05) is 0 Å². The van der Waals surface area contributed by atoms with E-state index in [4.69, 9.17) is 17.0 Å². The Balaban J connectivity index is 2.09. The van der Waals surface area contributed by atoms with Crippen LogP contribution in [0.1, 0.15) is 106 Å². The minimum absolute atomic E-state index is 0.196. The van der Waals surface area contributed by atoms with E-state index in [9.17, 15) is 0 Å². The Morgan fingerprint density at radius 2 is 1.03 bits per heavy atom. The number of hydrogen-bond acceptors (Lipinski definition) is 0. The molecule has 4 heteroatoms. The molecule has 0 heterocycles. The zero-order valence-corrected chi connectivity index (χ0v) is 29.3. The predicted molar refractivity (Wildman–Crippen MR) is 163 cm³/mol. The number of allylic oxidation sites excluding steroid dienone is 4. The van der Waals surface area contributed by atoms with Crippen LogP contribution in [0.15, 0.2) is 35.4 Å². The first-order valence-corrected chi connectivity index (χ1v) is 30.3. The van der Waals surface area contributed by atoms with Gasteiger partial charge in [0, 0.05) is 0 Å². The molecule has 0 saturated heterocycles. The van der Waals surface area contributed by atoms with E-state index < -0.39 is 21.5 Å². The topological polar surface area (TPSA) is 0 Å². The van der Waals surface area contributed by atoms with E-state index in [0.717, 1.165) is 25.7 Å². The molecule has 0 aliphatic heterocycles. The zero-order valence-electron chi connectivity index (χ0n) is 24.1. The van der Waals surface area contributed by atoms with Crippen molar-refractivity contribution in [3.05, 3.63) is 79.9 Å². The Morgan fingerprint density at radius 3 is 1.33 bits per heavy atom. The fraction of sp³-hybridized carbons (Fsp3) is 0.500. The van der Waals surface area contributed by atoms with Gasteiger partial charge in [0.1, 0.15) is 0 Å². The third kappa shape index (κ3) is 3.91. The molecule has 2 atom stereocenters. The number of rotatable bonds is 7. The first-order valence-electron chi connectivity index (χ1n) is 14.0. The molecular weight excluding hydrogens is 575 g/mol. The Morgan fingerprint density at radius 1 is 0.667 bits per heavy atom. The number of fused-ring (bicyclic) bond motifs is 2. The Bertz CT molecular complexity index is 1200. The fourth-order valence-electron chi connectivity index (χ4n) is 7.60. The van der Waals surface area contributed by atoms with Crippen molar-refractivity contribution in [2.24, 2.45) is 0 Å². The summed E-state index contributed by atoms with van der Waals surface area (Å²) in [4.78, 5) is 0. The molecule has 0 aromatic heterocycles. The fourth-order valence-corrected chi connectivity index (χ4v) is 40.6. The van der Waals surface area contributed by atoms with Gasteiger partial charge in [-0.2, -0.15) is 0 Å². The zero-order chi connectivity index (χ0) is 26.8. The van der Waals surface area contributed by atoms with E-state index in [0.29, 0.717) is 0 Å². The number of benzene rings is 2. The van der Waals surface area contributed by atoms with Crippen LogP contribution in [0.5, 0.6) is 0 Å². The summed E-state index contributed by atoms with van der Waals surface area (Å²) in [5.74, 6) is -1.50. The van der Waals surface area contributed by atoms with E-state index in [-0.39, 0.29) is 7.25 Å². The second kappa shape index (κ2) is 9.97. The van der Waals surface area contributed by atoms with Gasteiger partial charge in [-0.15, -0.1) is 0 Å². The standard InChI is InChI=1S/2C15H19.C2H7Si.2ClH.Zr/c2*1-5-6-13-8-7-10(2)14-9-11(3)12(4)15(13)14;1-3-2;;;/h2*7-9H,5-6H2,1-4H3;3H,1-2H3;2*1H;/q;;;;;+2/p-2. The quantitative estimate of drug-likeness (QED) is 0.271. The van der Waals surface area contributed by atoms with Gasteiger partial charge >= 0.3 is 231 Å². The van der Waals surface area contributed by atoms with Gasteiger partial charge in [-0.05, 0) is 0 Å². The van der Waals surface area contributed by atoms with Gasteiger partial charge in [0.25, 0.3) is 0 Å². The molecule has 2 aliphatic carbocycles. The molecule has 0 fully saturated rings. The van der Waals surface area contributed by atoms with Crippen molar-refractivity contribution in [1.29, 1.82) is 0 Å². The average molecular weight is 620 g/mol. The summed E-state index contributed by atoms with van der Waals surface area (Å²) < 4.78 is 0.391. The third-order valence-corrected chi connectivity index (χ3v) is 61.8. The molecule has 0 amide bonds. The average Bonchev–Trinajstić information content (AvgIpc) is 3.25. The molecule has 2 unspecified atom stereocenters. The van der Waals surface area contributed by atoms with Crippen LogP contribution >= 0.6 is 17.0 Å². The summed E-state index contributed by atoms with van der Waals surface area (Å²) in [7, 11) is 17.0. The maximum atomic E-state index is 8.49. The van der Waals surface area contributed by atoms with Crippen molar-refractivity contribution in [3.8, 4) is 0 Å². The van der Waals surface area contributed by atoms with Gasteiger partial charge in [0.15, 0.2) is 0 Å². The van der Waals surface area contributed by atoms with Crippen molar-refractivity contribution < 1.29 is 15.6 Å². The Hall–Kier alpha value is -0.400.